The molecule has 0 aromatic carbocycles. The molecule has 0 spiro atoms. The Hall–Kier alpha value is -2.18. The van der Waals surface area contributed by atoms with Gasteiger partial charge in [0.15, 0.2) is 0 Å². The third kappa shape index (κ3) is 3.45. The first-order valence-electron chi connectivity index (χ1n) is 8.56. The zero-order chi connectivity index (χ0) is 17.2. The van der Waals surface area contributed by atoms with E-state index in [0.717, 1.165) is 36.1 Å². The molecule has 1 fully saturated rings. The van der Waals surface area contributed by atoms with Crippen LogP contribution in [0.1, 0.15) is 34.3 Å². The number of aryl methyl sites for hydroxylation is 1. The Balaban J connectivity index is 1.63. The van der Waals surface area contributed by atoms with Crippen molar-refractivity contribution >= 4 is 22.8 Å². The summed E-state index contributed by atoms with van der Waals surface area (Å²) in [7, 11) is 0. The van der Waals surface area contributed by atoms with E-state index in [-0.39, 0.29) is 12.0 Å². The van der Waals surface area contributed by atoms with Crippen molar-refractivity contribution < 1.29 is 9.53 Å². The fraction of sp³-hybridized carbons (Fsp3) is 0.368. The van der Waals surface area contributed by atoms with Gasteiger partial charge in [0.1, 0.15) is 0 Å². The summed E-state index contributed by atoms with van der Waals surface area (Å²) in [6.45, 7) is 4.04. The van der Waals surface area contributed by atoms with Gasteiger partial charge in [0, 0.05) is 25.9 Å². The van der Waals surface area contributed by atoms with Crippen molar-refractivity contribution in [3.63, 3.8) is 0 Å². The molecule has 3 aromatic heterocycles. The Bertz CT molecular complexity index is 866. The maximum Gasteiger partial charge on any atom is 0.258 e. The Labute approximate surface area is 150 Å². The quantitative estimate of drug-likeness (QED) is 0.703. The summed E-state index contributed by atoms with van der Waals surface area (Å²) in [5.74, 6) is 0.0144. The minimum Gasteiger partial charge on any atom is -0.376 e. The standard InChI is InChI=1S/C19H21N3O2S/c1-14-4-5-18-17(9-20-22(18)10-14)19(23)21(11-15-6-8-25-13-15)12-16-3-2-7-24-16/h4-6,8-10,13,16H,2-3,7,11-12H2,1H3. The topological polar surface area (TPSA) is 46.8 Å². The number of nitrogens with zero attached hydrogens (tertiary/aromatic N) is 3. The van der Waals surface area contributed by atoms with Crippen molar-refractivity contribution in [1.29, 1.82) is 0 Å². The number of thiophene rings is 1. The number of aromatic nitrogens is 2. The van der Waals surface area contributed by atoms with Gasteiger partial charge in [0.05, 0.1) is 23.4 Å². The minimum atomic E-state index is 0.0144. The lowest BCUT2D eigenvalue weighted by atomic mass is 10.1. The summed E-state index contributed by atoms with van der Waals surface area (Å²) in [5, 5.41) is 8.49. The van der Waals surface area contributed by atoms with Gasteiger partial charge < -0.3 is 9.64 Å². The normalized spacial score (nSPS) is 17.2. The molecule has 0 bridgehead atoms. The van der Waals surface area contributed by atoms with Crippen LogP contribution in [0, 0.1) is 6.92 Å². The van der Waals surface area contributed by atoms with E-state index in [0.29, 0.717) is 18.7 Å². The zero-order valence-electron chi connectivity index (χ0n) is 14.2. The van der Waals surface area contributed by atoms with E-state index in [1.165, 1.54) is 0 Å². The second-order valence-corrected chi connectivity index (χ2v) is 7.33. The molecule has 1 aliphatic rings. The van der Waals surface area contributed by atoms with Crippen LogP contribution in [0.4, 0.5) is 0 Å². The number of pyridine rings is 1. The summed E-state index contributed by atoms with van der Waals surface area (Å²) in [4.78, 5) is 15.1. The van der Waals surface area contributed by atoms with Crippen LogP contribution in [0.3, 0.4) is 0 Å². The highest BCUT2D eigenvalue weighted by atomic mass is 32.1. The summed E-state index contributed by atoms with van der Waals surface area (Å²) in [6, 6.07) is 6.04. The molecule has 1 atom stereocenters. The average Bonchev–Trinajstić information content (AvgIpc) is 3.35. The van der Waals surface area contributed by atoms with Crippen LogP contribution in [0.5, 0.6) is 0 Å². The van der Waals surface area contributed by atoms with Crippen LogP contribution in [-0.2, 0) is 11.3 Å². The average molecular weight is 355 g/mol. The van der Waals surface area contributed by atoms with Crippen LogP contribution in [-0.4, -0.2) is 39.7 Å². The summed E-state index contributed by atoms with van der Waals surface area (Å²) in [5.41, 5.74) is 3.76. The minimum absolute atomic E-state index is 0.0144. The van der Waals surface area contributed by atoms with Crippen molar-refractivity contribution in [1.82, 2.24) is 14.5 Å². The molecule has 130 valence electrons. The van der Waals surface area contributed by atoms with E-state index in [1.807, 2.05) is 35.5 Å². The number of fused-ring (bicyclic) bond motifs is 1. The van der Waals surface area contributed by atoms with E-state index < -0.39 is 0 Å². The molecule has 4 heterocycles. The number of carbonyl (C=O) groups is 1. The summed E-state index contributed by atoms with van der Waals surface area (Å²) >= 11 is 1.65. The van der Waals surface area contributed by atoms with Crippen LogP contribution < -0.4 is 0 Å². The molecule has 0 radical (unpaired) electrons. The highest BCUT2D eigenvalue weighted by Crippen LogP contribution is 2.20. The van der Waals surface area contributed by atoms with Crippen molar-refractivity contribution in [2.24, 2.45) is 0 Å². The van der Waals surface area contributed by atoms with Gasteiger partial charge in [-0.2, -0.15) is 16.4 Å². The molecule has 25 heavy (non-hydrogen) atoms. The van der Waals surface area contributed by atoms with E-state index in [2.05, 4.69) is 16.5 Å². The van der Waals surface area contributed by atoms with Gasteiger partial charge in [0.2, 0.25) is 0 Å². The molecular formula is C19H21N3O2S. The predicted molar refractivity (Wildman–Crippen MR) is 98.0 cm³/mol. The van der Waals surface area contributed by atoms with Crippen molar-refractivity contribution in [3.8, 4) is 0 Å². The Morgan fingerprint density at radius 2 is 2.36 bits per heavy atom. The van der Waals surface area contributed by atoms with E-state index >= 15 is 0 Å². The number of hydrogen-bond acceptors (Lipinski definition) is 4. The lowest BCUT2D eigenvalue weighted by Crippen LogP contribution is -2.36. The molecule has 4 rings (SSSR count). The first-order valence-corrected chi connectivity index (χ1v) is 9.51. The molecule has 1 saturated heterocycles. The Morgan fingerprint density at radius 1 is 1.44 bits per heavy atom. The third-order valence-corrected chi connectivity index (χ3v) is 5.32. The van der Waals surface area contributed by atoms with Crippen molar-refractivity contribution in [3.05, 3.63) is 58.0 Å². The number of amides is 1. The molecule has 5 nitrogen and oxygen atoms in total. The predicted octanol–water partition coefficient (Wildman–Crippen LogP) is 3.53. The summed E-state index contributed by atoms with van der Waals surface area (Å²) < 4.78 is 7.54. The molecule has 3 aromatic rings. The number of hydrogen-bond donors (Lipinski definition) is 0. The van der Waals surface area contributed by atoms with Gasteiger partial charge in [-0.3, -0.25) is 4.79 Å². The van der Waals surface area contributed by atoms with E-state index in [4.69, 9.17) is 4.74 Å². The van der Waals surface area contributed by atoms with Gasteiger partial charge in [-0.15, -0.1) is 0 Å². The highest BCUT2D eigenvalue weighted by Gasteiger charge is 2.25. The highest BCUT2D eigenvalue weighted by molar-refractivity contribution is 7.07. The molecular weight excluding hydrogens is 334 g/mol. The number of rotatable bonds is 5. The Kier molecular flexibility index (Phi) is 4.55. The fourth-order valence-electron chi connectivity index (χ4n) is 3.28. The van der Waals surface area contributed by atoms with E-state index in [9.17, 15) is 4.79 Å². The molecule has 1 amide bonds. The van der Waals surface area contributed by atoms with Crippen LogP contribution >= 0.6 is 11.3 Å². The first kappa shape index (κ1) is 16.3. The third-order valence-electron chi connectivity index (χ3n) is 4.58. The second kappa shape index (κ2) is 6.98. The molecule has 1 aliphatic heterocycles. The van der Waals surface area contributed by atoms with Gasteiger partial charge in [-0.25, -0.2) is 4.52 Å². The van der Waals surface area contributed by atoms with Gasteiger partial charge in [0.25, 0.3) is 5.91 Å². The van der Waals surface area contributed by atoms with E-state index in [1.54, 1.807) is 22.0 Å². The van der Waals surface area contributed by atoms with Crippen LogP contribution in [0.2, 0.25) is 0 Å². The Morgan fingerprint density at radius 3 is 3.12 bits per heavy atom. The van der Waals surface area contributed by atoms with Gasteiger partial charge >= 0.3 is 0 Å². The smallest absolute Gasteiger partial charge is 0.258 e. The van der Waals surface area contributed by atoms with Gasteiger partial charge in [-0.05, 0) is 53.8 Å². The van der Waals surface area contributed by atoms with Crippen molar-refractivity contribution in [2.45, 2.75) is 32.4 Å². The van der Waals surface area contributed by atoms with Gasteiger partial charge in [-0.1, -0.05) is 6.07 Å². The molecule has 0 saturated carbocycles. The van der Waals surface area contributed by atoms with Crippen LogP contribution in [0.25, 0.3) is 5.52 Å². The number of carbonyl (C=O) groups excluding carboxylic acids is 1. The molecule has 0 N–H and O–H groups in total. The lowest BCUT2D eigenvalue weighted by molar-refractivity contribution is 0.0509. The SMILES string of the molecule is Cc1ccc2c(C(=O)N(Cc3ccsc3)CC3CCCO3)cnn2c1. The lowest BCUT2D eigenvalue weighted by Gasteiger charge is -2.25. The first-order chi connectivity index (χ1) is 12.2. The largest absolute Gasteiger partial charge is 0.376 e. The molecule has 0 aliphatic carbocycles. The maximum absolute atomic E-state index is 13.2. The summed E-state index contributed by atoms with van der Waals surface area (Å²) in [6.07, 6.45) is 5.83. The second-order valence-electron chi connectivity index (χ2n) is 6.55. The fourth-order valence-corrected chi connectivity index (χ4v) is 3.94. The maximum atomic E-state index is 13.2. The number of ether oxygens (including phenoxy) is 1. The zero-order valence-corrected chi connectivity index (χ0v) is 15.0. The molecule has 1 unspecified atom stereocenters. The molecule has 6 heteroatoms. The van der Waals surface area contributed by atoms with Crippen LogP contribution in [0.15, 0.2) is 41.4 Å². The van der Waals surface area contributed by atoms with Crippen molar-refractivity contribution in [2.75, 3.05) is 13.2 Å². The monoisotopic (exact) mass is 355 g/mol.